The normalized spacial score (nSPS) is 24.6. The standard InChI is InChI=1S/C13H20N4O2/c1-8-4-6-17(7-10(8)18)13-11(12(14)16-19)9(2)3-5-15-13/h3,5,8,10,18-19H,4,6-7H2,1-2H3,(H2,14,16). The number of anilines is 1. The van der Waals surface area contributed by atoms with Crippen LogP contribution in [0.15, 0.2) is 17.4 Å². The first-order valence-electron chi connectivity index (χ1n) is 6.41. The molecular formula is C13H20N4O2. The van der Waals surface area contributed by atoms with Crippen LogP contribution in [0.1, 0.15) is 24.5 Å². The minimum absolute atomic E-state index is 0.0497. The van der Waals surface area contributed by atoms with Crippen molar-refractivity contribution in [3.8, 4) is 0 Å². The molecule has 2 unspecified atom stereocenters. The largest absolute Gasteiger partial charge is 0.409 e. The number of pyridine rings is 1. The van der Waals surface area contributed by atoms with E-state index in [-0.39, 0.29) is 17.9 Å². The summed E-state index contributed by atoms with van der Waals surface area (Å²) in [7, 11) is 0. The first-order valence-corrected chi connectivity index (χ1v) is 6.41. The van der Waals surface area contributed by atoms with E-state index < -0.39 is 0 Å². The van der Waals surface area contributed by atoms with Gasteiger partial charge in [-0.1, -0.05) is 12.1 Å². The number of hydrogen-bond acceptors (Lipinski definition) is 5. The molecule has 0 aromatic carbocycles. The van der Waals surface area contributed by atoms with Crippen LogP contribution in [0.3, 0.4) is 0 Å². The van der Waals surface area contributed by atoms with Gasteiger partial charge in [-0.15, -0.1) is 0 Å². The van der Waals surface area contributed by atoms with Gasteiger partial charge in [-0.25, -0.2) is 4.98 Å². The number of nitrogens with zero attached hydrogens (tertiary/aromatic N) is 3. The number of amidine groups is 1. The molecule has 0 spiro atoms. The van der Waals surface area contributed by atoms with Crippen molar-refractivity contribution in [1.29, 1.82) is 0 Å². The Hall–Kier alpha value is -1.82. The molecule has 104 valence electrons. The first kappa shape index (κ1) is 13.6. The Morgan fingerprint density at radius 1 is 1.58 bits per heavy atom. The van der Waals surface area contributed by atoms with Crippen molar-refractivity contribution in [2.75, 3.05) is 18.0 Å². The van der Waals surface area contributed by atoms with Gasteiger partial charge >= 0.3 is 0 Å². The number of hydrogen-bond donors (Lipinski definition) is 3. The van der Waals surface area contributed by atoms with E-state index in [1.807, 2.05) is 24.8 Å². The topological polar surface area (TPSA) is 95.0 Å². The molecular weight excluding hydrogens is 244 g/mol. The molecule has 0 amide bonds. The van der Waals surface area contributed by atoms with E-state index >= 15 is 0 Å². The maximum atomic E-state index is 9.99. The monoisotopic (exact) mass is 264 g/mol. The summed E-state index contributed by atoms with van der Waals surface area (Å²) in [6.45, 7) is 5.25. The Balaban J connectivity index is 2.37. The van der Waals surface area contributed by atoms with E-state index in [0.717, 1.165) is 18.5 Å². The highest BCUT2D eigenvalue weighted by molar-refractivity contribution is 6.02. The van der Waals surface area contributed by atoms with E-state index in [0.29, 0.717) is 17.9 Å². The van der Waals surface area contributed by atoms with Gasteiger partial charge in [0.1, 0.15) is 5.82 Å². The van der Waals surface area contributed by atoms with E-state index in [1.54, 1.807) is 6.20 Å². The van der Waals surface area contributed by atoms with Crippen LogP contribution < -0.4 is 10.6 Å². The molecule has 6 heteroatoms. The smallest absolute Gasteiger partial charge is 0.174 e. The number of nitrogens with two attached hydrogens (primary N) is 1. The molecule has 1 aliphatic rings. The number of aliphatic hydroxyl groups is 1. The van der Waals surface area contributed by atoms with Crippen molar-refractivity contribution in [2.45, 2.75) is 26.4 Å². The number of aliphatic hydroxyl groups excluding tert-OH is 1. The highest BCUT2D eigenvalue weighted by Gasteiger charge is 2.27. The van der Waals surface area contributed by atoms with Crippen LogP contribution in [0.5, 0.6) is 0 Å². The van der Waals surface area contributed by atoms with Gasteiger partial charge in [-0.2, -0.15) is 0 Å². The predicted octanol–water partition coefficient (Wildman–Crippen LogP) is 0.692. The fraction of sp³-hybridized carbons (Fsp3) is 0.538. The highest BCUT2D eigenvalue weighted by Crippen LogP contribution is 2.26. The molecule has 2 rings (SSSR count). The van der Waals surface area contributed by atoms with Gasteiger partial charge in [-0.3, -0.25) is 0 Å². The lowest BCUT2D eigenvalue weighted by atomic mass is 9.95. The molecule has 6 nitrogen and oxygen atoms in total. The summed E-state index contributed by atoms with van der Waals surface area (Å²) >= 11 is 0. The molecule has 0 saturated carbocycles. The molecule has 1 fully saturated rings. The second-order valence-electron chi connectivity index (χ2n) is 5.09. The molecule has 1 aromatic rings. The number of aromatic nitrogens is 1. The summed E-state index contributed by atoms with van der Waals surface area (Å²) in [5, 5.41) is 22.0. The Morgan fingerprint density at radius 2 is 2.32 bits per heavy atom. The Kier molecular flexibility index (Phi) is 3.90. The number of rotatable bonds is 2. The zero-order chi connectivity index (χ0) is 14.0. The molecule has 0 bridgehead atoms. The molecule has 2 heterocycles. The van der Waals surface area contributed by atoms with E-state index in [1.165, 1.54) is 0 Å². The van der Waals surface area contributed by atoms with Gasteiger partial charge in [-0.05, 0) is 30.9 Å². The van der Waals surface area contributed by atoms with Crippen LogP contribution >= 0.6 is 0 Å². The van der Waals surface area contributed by atoms with Crippen LogP contribution in [-0.2, 0) is 0 Å². The van der Waals surface area contributed by atoms with Crippen molar-refractivity contribution in [3.05, 3.63) is 23.4 Å². The third-order valence-corrected chi connectivity index (χ3v) is 3.72. The van der Waals surface area contributed by atoms with Crippen LogP contribution in [0.4, 0.5) is 5.82 Å². The summed E-state index contributed by atoms with van der Waals surface area (Å²) in [5.41, 5.74) is 7.26. The fourth-order valence-electron chi connectivity index (χ4n) is 2.39. The quantitative estimate of drug-likeness (QED) is 0.316. The lowest BCUT2D eigenvalue weighted by Crippen LogP contribution is -2.44. The number of aryl methyl sites for hydroxylation is 1. The Labute approximate surface area is 112 Å². The molecule has 19 heavy (non-hydrogen) atoms. The minimum atomic E-state index is -0.379. The molecule has 4 N–H and O–H groups in total. The van der Waals surface area contributed by atoms with Gasteiger partial charge in [0.2, 0.25) is 0 Å². The van der Waals surface area contributed by atoms with Crippen LogP contribution in [-0.4, -0.2) is 40.3 Å². The van der Waals surface area contributed by atoms with Crippen LogP contribution in [0.2, 0.25) is 0 Å². The second kappa shape index (κ2) is 5.44. The van der Waals surface area contributed by atoms with Gasteiger partial charge in [0.25, 0.3) is 0 Å². The van der Waals surface area contributed by atoms with Gasteiger partial charge in [0, 0.05) is 19.3 Å². The molecule has 1 saturated heterocycles. The lowest BCUT2D eigenvalue weighted by Gasteiger charge is -2.36. The summed E-state index contributed by atoms with van der Waals surface area (Å²) in [5.74, 6) is 1.00. The minimum Gasteiger partial charge on any atom is -0.409 e. The summed E-state index contributed by atoms with van der Waals surface area (Å²) < 4.78 is 0. The third-order valence-electron chi connectivity index (χ3n) is 3.72. The van der Waals surface area contributed by atoms with Gasteiger partial charge in [0.15, 0.2) is 5.84 Å². The average Bonchev–Trinajstić information content (AvgIpc) is 2.41. The van der Waals surface area contributed by atoms with E-state index in [2.05, 4.69) is 10.1 Å². The predicted molar refractivity (Wildman–Crippen MR) is 73.5 cm³/mol. The van der Waals surface area contributed by atoms with Crippen molar-refractivity contribution in [3.63, 3.8) is 0 Å². The zero-order valence-electron chi connectivity index (χ0n) is 11.2. The zero-order valence-corrected chi connectivity index (χ0v) is 11.2. The van der Waals surface area contributed by atoms with Crippen molar-refractivity contribution < 1.29 is 10.3 Å². The van der Waals surface area contributed by atoms with Crippen LogP contribution in [0, 0.1) is 12.8 Å². The highest BCUT2D eigenvalue weighted by atomic mass is 16.4. The van der Waals surface area contributed by atoms with Crippen molar-refractivity contribution in [2.24, 2.45) is 16.8 Å². The van der Waals surface area contributed by atoms with E-state index in [4.69, 9.17) is 10.9 Å². The number of oxime groups is 1. The molecule has 0 aliphatic carbocycles. The molecule has 2 atom stereocenters. The Bertz CT molecular complexity index is 490. The molecule has 0 radical (unpaired) electrons. The summed E-state index contributed by atoms with van der Waals surface area (Å²) in [6, 6.07) is 1.82. The lowest BCUT2D eigenvalue weighted by molar-refractivity contribution is 0.102. The second-order valence-corrected chi connectivity index (χ2v) is 5.09. The maximum absolute atomic E-state index is 9.99. The average molecular weight is 264 g/mol. The number of β-amino-alcohol motifs (C(OH)–C–C–N with tert-alkyl or cyclic N) is 1. The van der Waals surface area contributed by atoms with Gasteiger partial charge in [0.05, 0.1) is 11.7 Å². The third kappa shape index (κ3) is 2.63. The van der Waals surface area contributed by atoms with E-state index in [9.17, 15) is 5.11 Å². The van der Waals surface area contributed by atoms with Crippen molar-refractivity contribution >= 4 is 11.7 Å². The molecule has 1 aliphatic heterocycles. The van der Waals surface area contributed by atoms with Gasteiger partial charge < -0.3 is 20.9 Å². The SMILES string of the molecule is Cc1ccnc(N2CCC(C)C(O)C2)c1/C(N)=N/O. The summed E-state index contributed by atoms with van der Waals surface area (Å²) in [4.78, 5) is 6.33. The van der Waals surface area contributed by atoms with Crippen molar-refractivity contribution in [1.82, 2.24) is 4.98 Å². The fourth-order valence-corrected chi connectivity index (χ4v) is 2.39. The Morgan fingerprint density at radius 3 is 2.95 bits per heavy atom. The van der Waals surface area contributed by atoms with Crippen LogP contribution in [0.25, 0.3) is 0 Å². The maximum Gasteiger partial charge on any atom is 0.174 e. The number of piperidine rings is 1. The molecule has 1 aromatic heterocycles. The summed E-state index contributed by atoms with van der Waals surface area (Å²) in [6.07, 6.45) is 2.21. The first-order chi connectivity index (χ1) is 9.04.